The Morgan fingerprint density at radius 1 is 1.28 bits per heavy atom. The molecule has 128 valence electrons. The molecule has 1 aromatic carbocycles. The molecule has 0 saturated carbocycles. The fourth-order valence-corrected chi connectivity index (χ4v) is 3.96. The molecule has 1 fully saturated rings. The molecule has 1 aromatic heterocycles. The predicted octanol–water partition coefficient (Wildman–Crippen LogP) is 2.94. The highest BCUT2D eigenvalue weighted by Gasteiger charge is 2.41. The summed E-state index contributed by atoms with van der Waals surface area (Å²) in [6.07, 6.45) is 4.92. The molecule has 1 atom stereocenters. The number of hydrogen-bond acceptors (Lipinski definition) is 6. The van der Waals surface area contributed by atoms with Crippen LogP contribution < -0.4 is 0 Å². The van der Waals surface area contributed by atoms with Crippen molar-refractivity contribution in [3.8, 4) is 0 Å². The van der Waals surface area contributed by atoms with Gasteiger partial charge in [-0.25, -0.2) is 4.79 Å². The number of carboxylic acids is 1. The van der Waals surface area contributed by atoms with Gasteiger partial charge in [0.2, 0.25) is 0 Å². The summed E-state index contributed by atoms with van der Waals surface area (Å²) < 4.78 is 0.262. The quantitative estimate of drug-likeness (QED) is 0.651. The first-order valence-corrected chi connectivity index (χ1v) is 8.81. The highest BCUT2D eigenvalue weighted by atomic mass is 32.2. The Morgan fingerprint density at radius 3 is 2.60 bits per heavy atom. The van der Waals surface area contributed by atoms with Crippen LogP contribution >= 0.6 is 24.0 Å². The molecular formula is C17H15N3O3S2. The number of fused-ring (bicyclic) bond motifs is 1. The highest BCUT2D eigenvalue weighted by molar-refractivity contribution is 8.26. The molecule has 25 heavy (non-hydrogen) atoms. The molecule has 2 heterocycles. The van der Waals surface area contributed by atoms with Gasteiger partial charge in [-0.05, 0) is 29.7 Å². The van der Waals surface area contributed by atoms with Crippen LogP contribution in [-0.2, 0) is 9.59 Å². The Hall–Kier alpha value is -2.32. The lowest BCUT2D eigenvalue weighted by atomic mass is 10.0. The first-order valence-electron chi connectivity index (χ1n) is 7.59. The van der Waals surface area contributed by atoms with Crippen molar-refractivity contribution >= 4 is 57.3 Å². The lowest BCUT2D eigenvalue weighted by Gasteiger charge is -2.26. The molecule has 0 aliphatic carbocycles. The fraction of sp³-hybridized carbons (Fsp3) is 0.235. The molecule has 2 aromatic rings. The van der Waals surface area contributed by atoms with E-state index in [1.165, 1.54) is 4.90 Å². The molecule has 1 unspecified atom stereocenters. The van der Waals surface area contributed by atoms with E-state index in [1.54, 1.807) is 32.3 Å². The third-order valence-corrected chi connectivity index (χ3v) is 5.11. The molecule has 1 aliphatic rings. The molecule has 1 aliphatic heterocycles. The molecule has 1 N–H and O–H groups in total. The van der Waals surface area contributed by atoms with Crippen molar-refractivity contribution < 1.29 is 14.7 Å². The number of aromatic nitrogens is 2. The van der Waals surface area contributed by atoms with Crippen LogP contribution in [-0.4, -0.2) is 42.2 Å². The lowest BCUT2D eigenvalue weighted by Crippen LogP contribution is -2.47. The Labute approximate surface area is 154 Å². The van der Waals surface area contributed by atoms with Gasteiger partial charge in [-0.3, -0.25) is 19.7 Å². The minimum Gasteiger partial charge on any atom is -0.480 e. The number of carboxylic acid groups (broad SMARTS) is 1. The second-order valence-electron chi connectivity index (χ2n) is 5.88. The van der Waals surface area contributed by atoms with E-state index in [2.05, 4.69) is 9.97 Å². The predicted molar refractivity (Wildman–Crippen MR) is 101 cm³/mol. The Kier molecular flexibility index (Phi) is 4.82. The molecule has 1 saturated heterocycles. The van der Waals surface area contributed by atoms with Crippen LogP contribution in [0.15, 0.2) is 35.5 Å². The average Bonchev–Trinajstić information content (AvgIpc) is 2.82. The molecule has 0 bridgehead atoms. The molecule has 1 amide bonds. The van der Waals surface area contributed by atoms with Gasteiger partial charge in [0.25, 0.3) is 5.91 Å². The second-order valence-corrected chi connectivity index (χ2v) is 7.56. The zero-order valence-corrected chi connectivity index (χ0v) is 15.2. The van der Waals surface area contributed by atoms with E-state index in [4.69, 9.17) is 12.2 Å². The largest absolute Gasteiger partial charge is 0.480 e. The topological polar surface area (TPSA) is 83.4 Å². The third kappa shape index (κ3) is 3.40. The summed E-state index contributed by atoms with van der Waals surface area (Å²) >= 11 is 6.36. The van der Waals surface area contributed by atoms with Crippen LogP contribution in [0.1, 0.15) is 19.4 Å². The van der Waals surface area contributed by atoms with E-state index < -0.39 is 12.0 Å². The van der Waals surface area contributed by atoms with E-state index in [0.29, 0.717) is 4.91 Å². The van der Waals surface area contributed by atoms with E-state index in [-0.39, 0.29) is 16.1 Å². The summed E-state index contributed by atoms with van der Waals surface area (Å²) in [6, 6.07) is 4.51. The van der Waals surface area contributed by atoms with Crippen molar-refractivity contribution in [1.82, 2.24) is 14.9 Å². The van der Waals surface area contributed by atoms with Crippen LogP contribution in [0.3, 0.4) is 0 Å². The average molecular weight is 373 g/mol. The van der Waals surface area contributed by atoms with Gasteiger partial charge in [-0.2, -0.15) is 0 Å². The van der Waals surface area contributed by atoms with Crippen molar-refractivity contribution in [3.05, 3.63) is 41.1 Å². The van der Waals surface area contributed by atoms with Gasteiger partial charge >= 0.3 is 5.97 Å². The van der Waals surface area contributed by atoms with E-state index in [1.807, 2.05) is 18.2 Å². The number of aliphatic carboxylic acids is 1. The van der Waals surface area contributed by atoms with Gasteiger partial charge in [0.1, 0.15) is 10.4 Å². The van der Waals surface area contributed by atoms with Gasteiger partial charge in [0.15, 0.2) is 0 Å². The van der Waals surface area contributed by atoms with Gasteiger partial charge in [0.05, 0.1) is 15.9 Å². The zero-order chi connectivity index (χ0) is 18.1. The minimum atomic E-state index is -1.06. The number of carbonyl (C=O) groups excluding carboxylic acids is 1. The molecule has 6 nitrogen and oxygen atoms in total. The summed E-state index contributed by atoms with van der Waals surface area (Å²) in [4.78, 5) is 34.3. The van der Waals surface area contributed by atoms with Crippen LogP contribution in [0.25, 0.3) is 17.1 Å². The first kappa shape index (κ1) is 17.5. The normalized spacial score (nSPS) is 17.7. The number of amides is 1. The highest BCUT2D eigenvalue weighted by Crippen LogP contribution is 2.35. The summed E-state index contributed by atoms with van der Waals surface area (Å²) in [5, 5.41) is 9.44. The number of benzene rings is 1. The van der Waals surface area contributed by atoms with Gasteiger partial charge in [0, 0.05) is 12.4 Å². The van der Waals surface area contributed by atoms with Crippen molar-refractivity contribution in [1.29, 1.82) is 0 Å². The third-order valence-electron chi connectivity index (χ3n) is 3.78. The minimum absolute atomic E-state index is 0.254. The van der Waals surface area contributed by atoms with E-state index in [0.717, 1.165) is 28.4 Å². The monoisotopic (exact) mass is 373 g/mol. The van der Waals surface area contributed by atoms with Crippen molar-refractivity contribution in [3.63, 3.8) is 0 Å². The maximum absolute atomic E-state index is 12.7. The number of hydrogen-bond donors (Lipinski definition) is 1. The first-order chi connectivity index (χ1) is 11.9. The maximum Gasteiger partial charge on any atom is 0.327 e. The molecule has 3 rings (SSSR count). The van der Waals surface area contributed by atoms with Crippen LogP contribution in [0.2, 0.25) is 0 Å². The summed E-state index contributed by atoms with van der Waals surface area (Å²) in [5.41, 5.74) is 2.26. The standard InChI is InChI=1S/C17H15N3O3S2/c1-9(2)14(16(22)23)20-15(21)13(25-17(20)24)8-10-3-4-11-12(7-10)19-6-5-18-11/h3-9,14H,1-2H3,(H,22,23). The summed E-state index contributed by atoms with van der Waals surface area (Å²) in [7, 11) is 0. The number of thiocarbonyl (C=S) groups is 1. The van der Waals surface area contributed by atoms with Crippen molar-refractivity contribution in [2.24, 2.45) is 5.92 Å². The summed E-state index contributed by atoms with van der Waals surface area (Å²) in [6.45, 7) is 3.51. The maximum atomic E-state index is 12.7. The summed E-state index contributed by atoms with van der Waals surface area (Å²) in [5.74, 6) is -1.70. The Morgan fingerprint density at radius 2 is 1.96 bits per heavy atom. The lowest BCUT2D eigenvalue weighted by molar-refractivity contribution is -0.146. The van der Waals surface area contributed by atoms with Crippen LogP contribution in [0, 0.1) is 5.92 Å². The number of carbonyl (C=O) groups is 2. The molecule has 0 radical (unpaired) electrons. The van der Waals surface area contributed by atoms with E-state index >= 15 is 0 Å². The van der Waals surface area contributed by atoms with E-state index in [9.17, 15) is 14.7 Å². The van der Waals surface area contributed by atoms with Crippen molar-refractivity contribution in [2.45, 2.75) is 19.9 Å². The fourth-order valence-electron chi connectivity index (χ4n) is 2.63. The Balaban J connectivity index is 1.95. The number of rotatable bonds is 4. The molecular weight excluding hydrogens is 358 g/mol. The molecule has 0 spiro atoms. The van der Waals surface area contributed by atoms with Crippen LogP contribution in [0.4, 0.5) is 0 Å². The second kappa shape index (κ2) is 6.89. The SMILES string of the molecule is CC(C)C(C(=O)O)N1C(=O)C(=Cc2ccc3nccnc3c2)SC1=S. The van der Waals surface area contributed by atoms with Gasteiger partial charge < -0.3 is 5.11 Å². The molecule has 8 heteroatoms. The van der Waals surface area contributed by atoms with Crippen LogP contribution in [0.5, 0.6) is 0 Å². The van der Waals surface area contributed by atoms with Gasteiger partial charge in [-0.15, -0.1) is 0 Å². The number of thioether (sulfide) groups is 1. The van der Waals surface area contributed by atoms with Gasteiger partial charge in [-0.1, -0.05) is 43.9 Å². The smallest absolute Gasteiger partial charge is 0.327 e. The van der Waals surface area contributed by atoms with Crippen molar-refractivity contribution in [2.75, 3.05) is 0 Å². The Bertz CT molecular complexity index is 911. The number of nitrogens with zero attached hydrogens (tertiary/aromatic N) is 3. The zero-order valence-electron chi connectivity index (χ0n) is 13.5.